The van der Waals surface area contributed by atoms with Gasteiger partial charge < -0.3 is 9.47 Å². The molecule has 1 aliphatic rings. The zero-order chi connectivity index (χ0) is 13.2. The second kappa shape index (κ2) is 5.16. The van der Waals surface area contributed by atoms with Crippen LogP contribution in [0, 0.1) is 5.41 Å². The zero-order valence-corrected chi connectivity index (χ0v) is 11.3. The van der Waals surface area contributed by atoms with E-state index < -0.39 is 0 Å². The largest absolute Gasteiger partial charge is 0.486 e. The van der Waals surface area contributed by atoms with Crippen LogP contribution in [0.3, 0.4) is 0 Å². The Balaban J connectivity index is 2.21. The molecule has 4 nitrogen and oxygen atoms in total. The first-order valence-electron chi connectivity index (χ1n) is 6.35. The topological polar surface area (TPSA) is 56.5 Å². The molecule has 4 heteroatoms. The summed E-state index contributed by atoms with van der Waals surface area (Å²) in [6.45, 7) is 7.84. The Morgan fingerprint density at radius 1 is 1.22 bits per heavy atom. The van der Waals surface area contributed by atoms with Crippen molar-refractivity contribution in [1.29, 1.82) is 0 Å². The summed E-state index contributed by atoms with van der Waals surface area (Å²) in [5.41, 5.74) is 4.23. The highest BCUT2D eigenvalue weighted by Crippen LogP contribution is 2.35. The number of nitrogens with two attached hydrogens (primary N) is 1. The fourth-order valence-corrected chi connectivity index (χ4v) is 2.16. The van der Waals surface area contributed by atoms with Crippen molar-refractivity contribution >= 4 is 0 Å². The fourth-order valence-electron chi connectivity index (χ4n) is 2.16. The molecule has 1 unspecified atom stereocenters. The van der Waals surface area contributed by atoms with Crippen molar-refractivity contribution in [3.05, 3.63) is 23.8 Å². The molecule has 1 atom stereocenters. The van der Waals surface area contributed by atoms with E-state index in [2.05, 4.69) is 26.2 Å². The van der Waals surface area contributed by atoms with Gasteiger partial charge >= 0.3 is 0 Å². The van der Waals surface area contributed by atoms with Crippen molar-refractivity contribution in [2.24, 2.45) is 11.3 Å². The summed E-state index contributed by atoms with van der Waals surface area (Å²) in [5, 5.41) is 0. The lowest BCUT2D eigenvalue weighted by molar-refractivity contribution is 0.171. The molecule has 0 saturated carbocycles. The highest BCUT2D eigenvalue weighted by atomic mass is 16.6. The van der Waals surface area contributed by atoms with Gasteiger partial charge in [0, 0.05) is 6.04 Å². The maximum atomic E-state index is 5.67. The summed E-state index contributed by atoms with van der Waals surface area (Å²) in [7, 11) is 0. The molecule has 1 aromatic carbocycles. The molecule has 1 aliphatic heterocycles. The number of rotatable bonds is 3. The molecule has 2 rings (SSSR count). The molecule has 0 aromatic heterocycles. The Hall–Kier alpha value is -1.26. The predicted molar refractivity (Wildman–Crippen MR) is 71.6 cm³/mol. The minimum atomic E-state index is 0.126. The molecular formula is C14H22N2O2. The minimum absolute atomic E-state index is 0.126. The van der Waals surface area contributed by atoms with Crippen molar-refractivity contribution < 1.29 is 9.47 Å². The number of hydrogen-bond donors (Lipinski definition) is 2. The van der Waals surface area contributed by atoms with E-state index in [4.69, 9.17) is 15.3 Å². The van der Waals surface area contributed by atoms with Crippen LogP contribution in [0.2, 0.25) is 0 Å². The third-order valence-electron chi connectivity index (χ3n) is 2.99. The summed E-state index contributed by atoms with van der Waals surface area (Å²) in [4.78, 5) is 0. The number of hydrazine groups is 1. The van der Waals surface area contributed by atoms with Gasteiger partial charge in [0.2, 0.25) is 0 Å². The minimum Gasteiger partial charge on any atom is -0.486 e. The van der Waals surface area contributed by atoms with Crippen molar-refractivity contribution in [2.45, 2.75) is 33.2 Å². The first-order chi connectivity index (χ1) is 8.49. The third kappa shape index (κ3) is 3.15. The summed E-state index contributed by atoms with van der Waals surface area (Å²) in [6, 6.07) is 6.14. The van der Waals surface area contributed by atoms with Crippen LogP contribution in [0.4, 0.5) is 0 Å². The standard InChI is InChI=1S/C14H22N2O2/c1-14(2,3)9-11(16-15)10-4-5-12-13(8-10)18-7-6-17-12/h4-5,8,11,16H,6-7,9,15H2,1-3H3. The van der Waals surface area contributed by atoms with Crippen LogP contribution >= 0.6 is 0 Å². The molecule has 0 fully saturated rings. The molecule has 3 N–H and O–H groups in total. The predicted octanol–water partition coefficient (Wildman–Crippen LogP) is 2.40. The van der Waals surface area contributed by atoms with E-state index in [0.717, 1.165) is 23.5 Å². The summed E-state index contributed by atoms with van der Waals surface area (Å²) >= 11 is 0. The lowest BCUT2D eigenvalue weighted by Crippen LogP contribution is -2.31. The first kappa shape index (κ1) is 13.2. The molecule has 0 amide bonds. The third-order valence-corrected chi connectivity index (χ3v) is 2.99. The number of hydrogen-bond acceptors (Lipinski definition) is 4. The molecule has 100 valence electrons. The molecule has 18 heavy (non-hydrogen) atoms. The van der Waals surface area contributed by atoms with Gasteiger partial charge in [-0.05, 0) is 29.5 Å². The summed E-state index contributed by atoms with van der Waals surface area (Å²) in [6.07, 6.45) is 0.961. The van der Waals surface area contributed by atoms with Gasteiger partial charge in [0.25, 0.3) is 0 Å². The van der Waals surface area contributed by atoms with E-state index in [-0.39, 0.29) is 11.5 Å². The van der Waals surface area contributed by atoms with Crippen LogP contribution in [-0.2, 0) is 0 Å². The molecule has 0 spiro atoms. The Bertz CT molecular complexity index is 413. The van der Waals surface area contributed by atoms with Gasteiger partial charge in [-0.25, -0.2) is 0 Å². The van der Waals surface area contributed by atoms with E-state index in [1.807, 2.05) is 18.2 Å². The highest BCUT2D eigenvalue weighted by Gasteiger charge is 2.21. The quantitative estimate of drug-likeness (QED) is 0.639. The Morgan fingerprint density at radius 2 is 1.89 bits per heavy atom. The average molecular weight is 250 g/mol. The fraction of sp³-hybridized carbons (Fsp3) is 0.571. The van der Waals surface area contributed by atoms with E-state index >= 15 is 0 Å². The monoisotopic (exact) mass is 250 g/mol. The van der Waals surface area contributed by atoms with Crippen LogP contribution in [0.5, 0.6) is 11.5 Å². The Morgan fingerprint density at radius 3 is 2.50 bits per heavy atom. The van der Waals surface area contributed by atoms with Crippen LogP contribution in [0.1, 0.15) is 38.8 Å². The van der Waals surface area contributed by atoms with E-state index in [9.17, 15) is 0 Å². The highest BCUT2D eigenvalue weighted by molar-refractivity contribution is 5.44. The summed E-state index contributed by atoms with van der Waals surface area (Å²) < 4.78 is 11.1. The van der Waals surface area contributed by atoms with Crippen LogP contribution in [0.15, 0.2) is 18.2 Å². The van der Waals surface area contributed by atoms with Gasteiger partial charge in [0.05, 0.1) is 0 Å². The van der Waals surface area contributed by atoms with Gasteiger partial charge in [-0.3, -0.25) is 11.3 Å². The van der Waals surface area contributed by atoms with Crippen molar-refractivity contribution in [3.63, 3.8) is 0 Å². The average Bonchev–Trinajstić information content (AvgIpc) is 2.34. The number of nitrogens with one attached hydrogen (secondary N) is 1. The summed E-state index contributed by atoms with van der Waals surface area (Å²) in [5.74, 6) is 7.30. The molecule has 0 aliphatic carbocycles. The first-order valence-corrected chi connectivity index (χ1v) is 6.35. The Kier molecular flexibility index (Phi) is 3.78. The second-order valence-corrected chi connectivity index (χ2v) is 5.89. The van der Waals surface area contributed by atoms with Crippen LogP contribution < -0.4 is 20.7 Å². The van der Waals surface area contributed by atoms with Gasteiger partial charge in [-0.1, -0.05) is 26.8 Å². The van der Waals surface area contributed by atoms with E-state index in [0.29, 0.717) is 13.2 Å². The second-order valence-electron chi connectivity index (χ2n) is 5.89. The lowest BCUT2D eigenvalue weighted by atomic mass is 9.85. The maximum Gasteiger partial charge on any atom is 0.161 e. The van der Waals surface area contributed by atoms with Crippen molar-refractivity contribution in [3.8, 4) is 11.5 Å². The van der Waals surface area contributed by atoms with Crippen LogP contribution in [0.25, 0.3) is 0 Å². The van der Waals surface area contributed by atoms with E-state index in [1.165, 1.54) is 0 Å². The van der Waals surface area contributed by atoms with E-state index in [1.54, 1.807) is 0 Å². The number of fused-ring (bicyclic) bond motifs is 1. The Labute approximate surface area is 108 Å². The molecule has 0 saturated heterocycles. The number of benzene rings is 1. The lowest BCUT2D eigenvalue weighted by Gasteiger charge is -2.27. The maximum absolute atomic E-state index is 5.67. The molecule has 0 bridgehead atoms. The van der Waals surface area contributed by atoms with Crippen molar-refractivity contribution in [2.75, 3.05) is 13.2 Å². The molecule has 1 heterocycles. The molecular weight excluding hydrogens is 228 g/mol. The zero-order valence-electron chi connectivity index (χ0n) is 11.3. The smallest absolute Gasteiger partial charge is 0.161 e. The van der Waals surface area contributed by atoms with Gasteiger partial charge in [0.15, 0.2) is 11.5 Å². The number of ether oxygens (including phenoxy) is 2. The van der Waals surface area contributed by atoms with Gasteiger partial charge in [-0.2, -0.15) is 0 Å². The van der Waals surface area contributed by atoms with Gasteiger partial charge in [0.1, 0.15) is 13.2 Å². The van der Waals surface area contributed by atoms with Crippen molar-refractivity contribution in [1.82, 2.24) is 5.43 Å². The molecule has 0 radical (unpaired) electrons. The SMILES string of the molecule is CC(C)(C)CC(NN)c1ccc2c(c1)OCCO2. The molecule has 1 aromatic rings. The normalized spacial score (nSPS) is 16.4. The van der Waals surface area contributed by atoms with Crippen LogP contribution in [-0.4, -0.2) is 13.2 Å². The van der Waals surface area contributed by atoms with Gasteiger partial charge in [-0.15, -0.1) is 0 Å².